The number of halogens is 2. The van der Waals surface area contributed by atoms with Gasteiger partial charge in [0.25, 0.3) is 0 Å². The van der Waals surface area contributed by atoms with Crippen LogP contribution in [0.2, 0.25) is 5.02 Å². The van der Waals surface area contributed by atoms with Crippen molar-refractivity contribution in [2.75, 3.05) is 16.4 Å². The van der Waals surface area contributed by atoms with Gasteiger partial charge in [-0.15, -0.1) is 0 Å². The Morgan fingerprint density at radius 1 is 1.17 bits per heavy atom. The van der Waals surface area contributed by atoms with Crippen LogP contribution in [-0.4, -0.2) is 19.1 Å². The summed E-state index contributed by atoms with van der Waals surface area (Å²) in [5.74, 6) is -0.313. The number of carbonyl (C=O) groups excluding carboxylic acids is 2. The Morgan fingerprint density at radius 3 is 2.43 bits per heavy atom. The van der Waals surface area contributed by atoms with E-state index in [2.05, 4.69) is 26.2 Å². The molecule has 0 heterocycles. The van der Waals surface area contributed by atoms with Gasteiger partial charge in [-0.1, -0.05) is 35.9 Å². The van der Waals surface area contributed by atoms with E-state index in [1.54, 1.807) is 48.5 Å². The summed E-state index contributed by atoms with van der Waals surface area (Å²) in [6, 6.07) is 13.5. The molecular formula is C16H14BrClN2O3. The van der Waals surface area contributed by atoms with Crippen LogP contribution in [0.5, 0.6) is 0 Å². The number of rotatable bonds is 4. The van der Waals surface area contributed by atoms with E-state index in [4.69, 9.17) is 11.6 Å². The quantitative estimate of drug-likeness (QED) is 0.614. The molecule has 0 fully saturated rings. The summed E-state index contributed by atoms with van der Waals surface area (Å²) in [5.41, 5.74) is 1.94. The third-order valence-corrected chi connectivity index (χ3v) is 4.05. The number of hydrogen-bond acceptors (Lipinski definition) is 3. The highest BCUT2D eigenvalue weighted by molar-refractivity contribution is 9.10. The Balaban J connectivity index is 2.03. The van der Waals surface area contributed by atoms with E-state index in [1.165, 1.54) is 11.0 Å². The highest BCUT2D eigenvalue weighted by Gasteiger charge is 2.15. The van der Waals surface area contributed by atoms with Gasteiger partial charge in [-0.3, -0.25) is 4.79 Å². The van der Waals surface area contributed by atoms with Crippen molar-refractivity contribution in [3.63, 3.8) is 0 Å². The molecule has 7 heteroatoms. The van der Waals surface area contributed by atoms with Gasteiger partial charge in [-0.2, -0.15) is 0 Å². The largest absolute Gasteiger partial charge is 0.469 e. The van der Waals surface area contributed by atoms with Crippen LogP contribution >= 0.6 is 27.7 Å². The Labute approximate surface area is 147 Å². The number of carbonyl (C=O) groups is 2. The first kappa shape index (κ1) is 17.3. The predicted octanol–water partition coefficient (Wildman–Crippen LogP) is 4.40. The van der Waals surface area contributed by atoms with Crippen LogP contribution < -0.4 is 9.24 Å². The van der Waals surface area contributed by atoms with Crippen molar-refractivity contribution in [2.24, 2.45) is 0 Å². The number of hydrogen-bond donors (Lipinski definition) is 1. The van der Waals surface area contributed by atoms with E-state index < -0.39 is 0 Å². The molecule has 1 N–H and O–H groups in total. The normalized spacial score (nSPS) is 10.0. The minimum atomic E-state index is -0.390. The standard InChI is InChI=1S/C16H14BrClN2O3/c1-23-15(21)10-11-6-8-12(9-7-11)19-16(22)20(17)14-5-3-2-4-13(14)18/h2-9H,10H2,1H3,(H,19,22). The molecule has 120 valence electrons. The number of nitrogens with one attached hydrogen (secondary N) is 1. The maximum atomic E-state index is 12.2. The summed E-state index contributed by atoms with van der Waals surface area (Å²) in [6.45, 7) is 0. The number of benzene rings is 2. The molecule has 2 aromatic carbocycles. The first-order chi connectivity index (χ1) is 11.0. The zero-order valence-corrected chi connectivity index (χ0v) is 14.6. The molecule has 0 saturated carbocycles. The van der Waals surface area contributed by atoms with E-state index in [9.17, 15) is 9.59 Å². The predicted molar refractivity (Wildman–Crippen MR) is 94.0 cm³/mol. The number of esters is 1. The van der Waals surface area contributed by atoms with Crippen molar-refractivity contribution in [3.05, 3.63) is 59.1 Å². The Bertz CT molecular complexity index is 707. The third-order valence-electron chi connectivity index (χ3n) is 3.02. The topological polar surface area (TPSA) is 58.6 Å². The van der Waals surface area contributed by atoms with Crippen molar-refractivity contribution in [3.8, 4) is 0 Å². The zero-order chi connectivity index (χ0) is 16.8. The van der Waals surface area contributed by atoms with Crippen LogP contribution in [0.15, 0.2) is 48.5 Å². The molecule has 0 aliphatic rings. The van der Waals surface area contributed by atoms with Gasteiger partial charge in [0.1, 0.15) is 0 Å². The summed E-state index contributed by atoms with van der Waals surface area (Å²) in [7, 11) is 1.34. The van der Waals surface area contributed by atoms with Gasteiger partial charge in [-0.25, -0.2) is 8.72 Å². The average Bonchev–Trinajstić information content (AvgIpc) is 2.56. The minimum absolute atomic E-state index is 0.189. The van der Waals surface area contributed by atoms with Gasteiger partial charge in [-0.05, 0) is 29.8 Å². The van der Waals surface area contributed by atoms with Gasteiger partial charge in [0.15, 0.2) is 0 Å². The molecule has 0 aromatic heterocycles. The summed E-state index contributed by atoms with van der Waals surface area (Å²) < 4.78 is 5.85. The first-order valence-electron chi connectivity index (χ1n) is 6.68. The number of amides is 2. The number of urea groups is 1. The smallest absolute Gasteiger partial charge is 0.336 e. The molecule has 0 atom stereocenters. The summed E-state index contributed by atoms with van der Waals surface area (Å²) in [6.07, 6.45) is 0.189. The van der Waals surface area contributed by atoms with Crippen LogP contribution in [0.1, 0.15) is 5.56 Å². The second-order valence-electron chi connectivity index (χ2n) is 4.61. The lowest BCUT2D eigenvalue weighted by Gasteiger charge is -2.16. The monoisotopic (exact) mass is 396 g/mol. The van der Waals surface area contributed by atoms with Crippen molar-refractivity contribution in [1.29, 1.82) is 0 Å². The van der Waals surface area contributed by atoms with E-state index >= 15 is 0 Å². The number of nitrogens with zero attached hydrogens (tertiary/aromatic N) is 1. The number of methoxy groups -OCH3 is 1. The van der Waals surface area contributed by atoms with Crippen molar-refractivity contribution in [2.45, 2.75) is 6.42 Å². The number of para-hydroxylation sites is 1. The van der Waals surface area contributed by atoms with Crippen molar-refractivity contribution >= 4 is 51.1 Å². The molecular weight excluding hydrogens is 384 g/mol. The molecule has 0 aliphatic carbocycles. The third kappa shape index (κ3) is 4.71. The van der Waals surface area contributed by atoms with Crippen molar-refractivity contribution < 1.29 is 14.3 Å². The molecule has 0 spiro atoms. The summed E-state index contributed by atoms with van der Waals surface area (Å²) >= 11 is 9.25. The molecule has 2 amide bonds. The molecule has 0 radical (unpaired) electrons. The van der Waals surface area contributed by atoms with E-state index in [0.29, 0.717) is 16.4 Å². The SMILES string of the molecule is COC(=O)Cc1ccc(NC(=O)N(Br)c2ccccc2Cl)cc1. The molecule has 0 unspecified atom stereocenters. The Kier molecular flexibility index (Phi) is 6.01. The molecule has 2 rings (SSSR count). The second kappa shape index (κ2) is 7.99. The highest BCUT2D eigenvalue weighted by atomic mass is 79.9. The molecule has 23 heavy (non-hydrogen) atoms. The van der Waals surface area contributed by atoms with E-state index in [1.807, 2.05) is 0 Å². The maximum Gasteiger partial charge on any atom is 0.336 e. The lowest BCUT2D eigenvalue weighted by molar-refractivity contribution is -0.139. The van der Waals surface area contributed by atoms with E-state index in [-0.39, 0.29) is 18.4 Å². The van der Waals surface area contributed by atoms with E-state index in [0.717, 1.165) is 5.56 Å². The van der Waals surface area contributed by atoms with Crippen LogP contribution in [-0.2, 0) is 16.0 Å². The molecule has 0 saturated heterocycles. The minimum Gasteiger partial charge on any atom is -0.469 e. The maximum absolute atomic E-state index is 12.2. The van der Waals surface area contributed by atoms with Crippen LogP contribution in [0.3, 0.4) is 0 Å². The average molecular weight is 398 g/mol. The Morgan fingerprint density at radius 2 is 1.83 bits per heavy atom. The molecule has 0 bridgehead atoms. The van der Waals surface area contributed by atoms with Gasteiger partial charge in [0.05, 0.1) is 40.4 Å². The fourth-order valence-corrected chi connectivity index (χ4v) is 2.56. The fraction of sp³-hybridized carbons (Fsp3) is 0.125. The highest BCUT2D eigenvalue weighted by Crippen LogP contribution is 2.28. The molecule has 5 nitrogen and oxygen atoms in total. The number of anilines is 2. The number of ether oxygens (including phenoxy) is 1. The Hall–Kier alpha value is -2.05. The van der Waals surface area contributed by atoms with Gasteiger partial charge in [0.2, 0.25) is 0 Å². The lowest BCUT2D eigenvalue weighted by Crippen LogP contribution is -2.26. The van der Waals surface area contributed by atoms with Crippen LogP contribution in [0.4, 0.5) is 16.2 Å². The van der Waals surface area contributed by atoms with Crippen LogP contribution in [0.25, 0.3) is 0 Å². The van der Waals surface area contributed by atoms with Gasteiger partial charge < -0.3 is 10.1 Å². The first-order valence-corrected chi connectivity index (χ1v) is 7.77. The molecule has 2 aromatic rings. The van der Waals surface area contributed by atoms with Gasteiger partial charge in [0, 0.05) is 5.69 Å². The lowest BCUT2D eigenvalue weighted by atomic mass is 10.1. The summed E-state index contributed by atoms with van der Waals surface area (Å²) in [4.78, 5) is 23.4. The van der Waals surface area contributed by atoms with Crippen LogP contribution in [0, 0.1) is 0 Å². The van der Waals surface area contributed by atoms with Crippen molar-refractivity contribution in [1.82, 2.24) is 0 Å². The van der Waals surface area contributed by atoms with Gasteiger partial charge >= 0.3 is 12.0 Å². The molecule has 0 aliphatic heterocycles. The summed E-state index contributed by atoms with van der Waals surface area (Å²) in [5, 5.41) is 3.18. The second-order valence-corrected chi connectivity index (χ2v) is 5.73. The zero-order valence-electron chi connectivity index (χ0n) is 12.3. The fourth-order valence-electron chi connectivity index (χ4n) is 1.84.